The van der Waals surface area contributed by atoms with E-state index in [1.54, 1.807) is 72.8 Å². The van der Waals surface area contributed by atoms with Crippen LogP contribution in [0.3, 0.4) is 0 Å². The van der Waals surface area contributed by atoms with E-state index in [1.807, 2.05) is 152 Å². The van der Waals surface area contributed by atoms with Crippen molar-refractivity contribution < 1.29 is 0 Å². The molecule has 4 heterocycles. The summed E-state index contributed by atoms with van der Waals surface area (Å²) in [6.45, 7) is 47.9. The van der Waals surface area contributed by atoms with Crippen LogP contribution in [0.15, 0.2) is 328 Å². The van der Waals surface area contributed by atoms with Crippen LogP contribution in [0.2, 0.25) is 0 Å². The van der Waals surface area contributed by atoms with Crippen LogP contribution >= 0.6 is 0 Å². The van der Waals surface area contributed by atoms with Crippen LogP contribution in [-0.2, 0) is 0 Å². The van der Waals surface area contributed by atoms with Gasteiger partial charge < -0.3 is 9.13 Å². The van der Waals surface area contributed by atoms with Gasteiger partial charge >= 0.3 is 0 Å². The molecule has 0 atom stereocenters. The van der Waals surface area contributed by atoms with Crippen LogP contribution in [-0.4, -0.2) is 39.0 Å². The van der Waals surface area contributed by atoms with Crippen molar-refractivity contribution >= 4 is 77.7 Å². The summed E-state index contributed by atoms with van der Waals surface area (Å²) in [6.07, 6.45) is 0. The smallest absolute Gasteiger partial charge is 0.189 e. The number of fused-ring (bicyclic) bond motifs is 6. The first-order valence-electron chi connectivity index (χ1n) is 38.0. The molecule has 0 aliphatic rings. The lowest BCUT2D eigenvalue weighted by Gasteiger charge is -2.18. The van der Waals surface area contributed by atoms with Gasteiger partial charge in [0.05, 0.1) is 73.6 Å². The van der Waals surface area contributed by atoms with E-state index in [1.165, 1.54) is 0 Å². The zero-order chi connectivity index (χ0) is 81.5. The van der Waals surface area contributed by atoms with Crippen molar-refractivity contribution in [3.05, 3.63) is 407 Å². The summed E-state index contributed by atoms with van der Waals surface area (Å²) in [6, 6.07) is 110. The molecule has 0 saturated heterocycles. The molecule has 120 heavy (non-hydrogen) atoms. The largest absolute Gasteiger partial charge is 0.309 e. The van der Waals surface area contributed by atoms with Crippen molar-refractivity contribution in [3.63, 3.8) is 0 Å². The lowest BCUT2D eigenvalue weighted by molar-refractivity contribution is 1.07. The monoisotopic (exact) mass is 1530 g/mol. The Morgan fingerprint density at radius 1 is 0.208 bits per heavy atom. The average molecular weight is 1530 g/mol. The third-order valence-corrected chi connectivity index (χ3v) is 21.4. The Balaban J connectivity index is 0.849. The van der Waals surface area contributed by atoms with Gasteiger partial charge in [-0.05, 0) is 182 Å². The van der Waals surface area contributed by atoms with E-state index in [-0.39, 0.29) is 0 Å². The molecule has 0 bridgehead atoms. The van der Waals surface area contributed by atoms with Crippen molar-refractivity contribution in [2.75, 3.05) is 0 Å². The summed E-state index contributed by atoms with van der Waals surface area (Å²) in [5.74, 6) is 2.65. The fraction of sp³-hybridized carbons (Fsp3) is 0. The first-order valence-corrected chi connectivity index (χ1v) is 38.0. The predicted molar refractivity (Wildman–Crippen MR) is 474 cm³/mol. The second-order valence-corrected chi connectivity index (χ2v) is 28.6. The highest BCUT2D eigenvalue weighted by Crippen LogP contribution is 2.46. The number of rotatable bonds is 14. The number of hydrogen-bond acceptors (Lipinski definition) is 8. The Kier molecular flexibility index (Phi) is 18.3. The topological polar surface area (TPSA) is 161 Å². The molecule has 4 aromatic heterocycles. The van der Waals surface area contributed by atoms with Crippen LogP contribution in [0.25, 0.3) is 219 Å². The number of hydrogen-bond donors (Lipinski definition) is 0. The maximum absolute atomic E-state index is 10.2. The first-order chi connectivity index (χ1) is 59.0. The minimum absolute atomic E-state index is 0.339. The van der Waals surface area contributed by atoms with Crippen LogP contribution in [0.1, 0.15) is 11.1 Å². The highest BCUT2D eigenvalue weighted by atomic mass is 15.1. The second kappa shape index (κ2) is 30.4. The Bertz CT molecular complexity index is 6910. The van der Waals surface area contributed by atoms with Gasteiger partial charge in [-0.2, -0.15) is 10.5 Å². The van der Waals surface area contributed by atoms with Gasteiger partial charge in [0.1, 0.15) is 0 Å². The van der Waals surface area contributed by atoms with Gasteiger partial charge in [-0.15, -0.1) is 0 Å². The van der Waals surface area contributed by atoms with E-state index in [4.69, 9.17) is 69.3 Å². The third kappa shape index (κ3) is 13.4. The zero-order valence-electron chi connectivity index (χ0n) is 63.3. The van der Waals surface area contributed by atoms with Crippen molar-refractivity contribution in [3.8, 4) is 159 Å². The molecule has 0 spiro atoms. The summed E-state index contributed by atoms with van der Waals surface area (Å²) >= 11 is 0. The second-order valence-electron chi connectivity index (χ2n) is 28.6. The van der Waals surface area contributed by atoms with E-state index in [0.717, 1.165) is 122 Å². The van der Waals surface area contributed by atoms with Crippen LogP contribution < -0.4 is 0 Å². The van der Waals surface area contributed by atoms with Crippen LogP contribution in [0.5, 0.6) is 0 Å². The highest BCUT2D eigenvalue weighted by molar-refractivity contribution is 6.14. The van der Waals surface area contributed by atoms with Crippen molar-refractivity contribution in [2.24, 2.45) is 0 Å². The van der Waals surface area contributed by atoms with Crippen molar-refractivity contribution in [1.29, 1.82) is 10.5 Å². The molecule has 16 heteroatoms. The Morgan fingerprint density at radius 2 is 0.475 bits per heavy atom. The third-order valence-electron chi connectivity index (χ3n) is 21.4. The minimum Gasteiger partial charge on any atom is -0.309 e. The summed E-state index contributed by atoms with van der Waals surface area (Å²) in [5.41, 5.74) is 21.4. The summed E-state index contributed by atoms with van der Waals surface area (Å²) < 4.78 is 4.42. The molecule has 19 rings (SSSR count). The molecule has 0 aliphatic carbocycles. The Hall–Kier alpha value is -18.2. The van der Waals surface area contributed by atoms with Gasteiger partial charge in [0.25, 0.3) is 0 Å². The lowest BCUT2D eigenvalue weighted by Crippen LogP contribution is -2.03. The van der Waals surface area contributed by atoms with Gasteiger partial charge in [0.15, 0.2) is 69.1 Å². The molecule has 0 amide bonds. The number of benzene rings is 15. The molecule has 15 aromatic carbocycles. The summed E-state index contributed by atoms with van der Waals surface area (Å²) in [4.78, 5) is 54.5. The lowest BCUT2D eigenvalue weighted by atomic mass is 9.92. The number of nitriles is 2. The van der Waals surface area contributed by atoms with Crippen molar-refractivity contribution in [1.82, 2.24) is 39.0 Å². The molecular formula is C104H54N16. The standard InChI is InChI=1S/C104H54N16/c1-107-79-44-63(61-105)42-75(47-79)69-30-38-95-89(53-69)91-55-71(77-49-81(109-3)57-82(50-77)110-4)32-40-97(91)119(95)85-34-36-87(93(59-85)103-115-99(65-20-11-7-12-21-65)113-100(116-103)66-22-13-8-14-23-66)73-28-19-29-74(46-73)88-37-35-86(60-94(88)104-117-101(67-24-15-9-16-25-67)114-102(118-104)68-26-17-10-18-27-68)120-96-39-31-70(76-43-64(62-106)45-80(48-76)108-2)54-90(96)92-56-72(33-41-98(92)120)78-51-83(111-5)58-84(52-78)112-6/h7-60H. The van der Waals surface area contributed by atoms with E-state index in [0.29, 0.717) is 114 Å². The molecule has 0 radical (unpaired) electrons. The minimum atomic E-state index is 0.339. The number of aromatic nitrogens is 8. The summed E-state index contributed by atoms with van der Waals surface area (Å²) in [7, 11) is 0. The van der Waals surface area contributed by atoms with Gasteiger partial charge in [-0.25, -0.2) is 59.0 Å². The molecule has 550 valence electrons. The Morgan fingerprint density at radius 3 is 0.758 bits per heavy atom. The predicted octanol–water partition coefficient (Wildman–Crippen LogP) is 27.3. The molecule has 16 nitrogen and oxygen atoms in total. The van der Waals surface area contributed by atoms with Gasteiger partial charge in [-0.3, -0.25) is 0 Å². The van der Waals surface area contributed by atoms with Crippen molar-refractivity contribution in [2.45, 2.75) is 0 Å². The fourth-order valence-corrected chi connectivity index (χ4v) is 15.8. The van der Waals surface area contributed by atoms with Gasteiger partial charge in [-0.1, -0.05) is 212 Å². The quantitative estimate of drug-likeness (QED) is 0.0972. The van der Waals surface area contributed by atoms with Crippen LogP contribution in [0.4, 0.5) is 34.1 Å². The molecule has 0 saturated carbocycles. The Labute approximate surface area is 688 Å². The van der Waals surface area contributed by atoms with Crippen LogP contribution in [0, 0.1) is 62.1 Å². The highest BCUT2D eigenvalue weighted by Gasteiger charge is 2.25. The fourth-order valence-electron chi connectivity index (χ4n) is 15.8. The van der Waals surface area contributed by atoms with E-state index >= 15 is 0 Å². The molecule has 0 N–H and O–H groups in total. The molecular weight excluding hydrogens is 1470 g/mol. The average Bonchev–Trinajstić information content (AvgIpc) is 1.56. The van der Waals surface area contributed by atoms with E-state index < -0.39 is 0 Å². The molecule has 0 unspecified atom stereocenters. The van der Waals surface area contributed by atoms with Gasteiger partial charge in [0.2, 0.25) is 0 Å². The maximum Gasteiger partial charge on any atom is 0.189 e. The van der Waals surface area contributed by atoms with E-state index in [2.05, 4.69) is 153 Å². The number of nitrogens with zero attached hydrogens (tertiary/aromatic N) is 16. The van der Waals surface area contributed by atoms with Gasteiger partial charge in [0, 0.05) is 77.4 Å². The maximum atomic E-state index is 10.2. The molecule has 0 fully saturated rings. The molecule has 0 aliphatic heterocycles. The normalized spacial score (nSPS) is 10.9. The molecule has 19 aromatic rings. The van der Waals surface area contributed by atoms with E-state index in [9.17, 15) is 10.5 Å². The summed E-state index contributed by atoms with van der Waals surface area (Å²) in [5, 5.41) is 23.8. The SMILES string of the molecule is [C-]#[N+]c1cc(C#N)cc(-c2ccc3c(c2)c2cc(-c4cc([N+]#[C-])cc([N+]#[C-])c4)ccc2n3-c2ccc(-c3cccc(-c4ccc(-n5c6ccc(-c7cc(C#N)cc([N+]#[C-])c7)cc6c6cc(-c7cc([N+]#[C-])cc([N+]#[C-])c7)ccc65)cc4-c4nc(-c5ccccc5)nc(-c5ccccc5)n4)c3)c(-c3nc(-c4ccccc4)nc(-c4ccccc4)n3)c2)c1. The zero-order valence-corrected chi connectivity index (χ0v) is 63.3. The first kappa shape index (κ1) is 72.1.